The van der Waals surface area contributed by atoms with Gasteiger partial charge in [0.15, 0.2) is 17.3 Å². The van der Waals surface area contributed by atoms with Gasteiger partial charge in [0.05, 0.1) is 54.8 Å². The lowest BCUT2D eigenvalue weighted by Gasteiger charge is -2.41. The Hall–Kier alpha value is -6.05. The number of carbonyl (C=O) groups is 9. The molecule has 2 aromatic carbocycles. The number of ketones is 3. The van der Waals surface area contributed by atoms with Gasteiger partial charge >= 0.3 is 6.03 Å². The summed E-state index contributed by atoms with van der Waals surface area (Å²) in [6.45, 7) is 24.7. The van der Waals surface area contributed by atoms with Gasteiger partial charge in [-0.15, -0.1) is 0 Å². The number of Topliss-reactive ketones (excluding diaryl/α,β-unsaturated/α-hetero) is 3. The number of likely N-dealkylation sites (tertiary alicyclic amines) is 1. The molecular formula is C70H114N8O11. The predicted molar refractivity (Wildman–Crippen MR) is 351 cm³/mol. The van der Waals surface area contributed by atoms with E-state index in [9.17, 15) is 43.2 Å². The van der Waals surface area contributed by atoms with Gasteiger partial charge in [0, 0.05) is 77.6 Å². The Morgan fingerprint density at radius 2 is 1.37 bits per heavy atom. The Balaban J connectivity index is 1.79. The molecule has 0 unspecified atom stereocenters. The predicted octanol–water partition coefficient (Wildman–Crippen LogP) is 9.36. The van der Waals surface area contributed by atoms with Crippen LogP contribution in [-0.2, 0) is 60.7 Å². The van der Waals surface area contributed by atoms with Crippen LogP contribution >= 0.6 is 0 Å². The number of carbonyl (C=O) groups excluding carboxylic acids is 9. The van der Waals surface area contributed by atoms with Crippen molar-refractivity contribution >= 4 is 58.6 Å². The van der Waals surface area contributed by atoms with Crippen molar-refractivity contribution in [2.45, 2.75) is 222 Å². The molecule has 500 valence electrons. The molecule has 19 nitrogen and oxygen atoms in total. The largest absolute Gasteiger partial charge is 0.379 e. The van der Waals surface area contributed by atoms with Crippen LogP contribution in [0.25, 0.3) is 0 Å². The van der Waals surface area contributed by atoms with E-state index in [2.05, 4.69) is 42.0 Å². The molecule has 89 heavy (non-hydrogen) atoms. The number of nitrogens with two attached hydrogens (primary N) is 1. The number of urea groups is 1. The van der Waals surface area contributed by atoms with Crippen molar-refractivity contribution in [2.24, 2.45) is 52.6 Å². The maximum Gasteiger partial charge on any atom is 0.312 e. The Kier molecular flexibility index (Phi) is 32.9. The summed E-state index contributed by atoms with van der Waals surface area (Å²) in [4.78, 5) is 130. The fourth-order valence-corrected chi connectivity index (χ4v) is 12.7. The van der Waals surface area contributed by atoms with Gasteiger partial charge < -0.3 is 46.3 Å². The number of hydrogen-bond acceptors (Lipinski definition) is 12. The van der Waals surface area contributed by atoms with E-state index in [0.717, 1.165) is 24.8 Å². The summed E-state index contributed by atoms with van der Waals surface area (Å²) in [6, 6.07) is 12.5. The first kappa shape index (κ1) is 77.2. The molecule has 1 fully saturated rings. The van der Waals surface area contributed by atoms with Crippen molar-refractivity contribution in [3.8, 4) is 0 Å². The molecule has 0 bridgehead atoms. The molecule has 1 aliphatic rings. The molecule has 7 amide bonds. The van der Waals surface area contributed by atoms with Crippen LogP contribution in [-0.4, -0.2) is 158 Å². The highest BCUT2D eigenvalue weighted by molar-refractivity contribution is 5.98. The van der Waals surface area contributed by atoms with Crippen LogP contribution in [0.5, 0.6) is 0 Å². The van der Waals surface area contributed by atoms with Crippen LogP contribution in [0.15, 0.2) is 54.6 Å². The fourth-order valence-electron chi connectivity index (χ4n) is 12.7. The van der Waals surface area contributed by atoms with Gasteiger partial charge in [-0.3, -0.25) is 43.3 Å². The number of rotatable bonds is 40. The summed E-state index contributed by atoms with van der Waals surface area (Å²) in [5.41, 5.74) is 7.41. The normalized spacial score (nSPS) is 17.0. The summed E-state index contributed by atoms with van der Waals surface area (Å²) in [5, 5.41) is 11.5. The van der Waals surface area contributed by atoms with Gasteiger partial charge in [-0.2, -0.15) is 0 Å². The van der Waals surface area contributed by atoms with Crippen molar-refractivity contribution < 1.29 is 52.6 Å². The second-order valence-corrected chi connectivity index (χ2v) is 27.6. The first-order valence-corrected chi connectivity index (χ1v) is 32.8. The number of nitrogens with zero attached hydrogens (tertiary/aromatic N) is 3. The first-order chi connectivity index (χ1) is 41.8. The molecule has 0 aromatic heterocycles. The smallest absolute Gasteiger partial charge is 0.312 e. The van der Waals surface area contributed by atoms with Gasteiger partial charge in [0.25, 0.3) is 0 Å². The number of ether oxygens (including phenoxy) is 2. The van der Waals surface area contributed by atoms with E-state index in [-0.39, 0.29) is 115 Å². The van der Waals surface area contributed by atoms with Crippen molar-refractivity contribution in [3.05, 3.63) is 65.7 Å². The monoisotopic (exact) mass is 1240 g/mol. The van der Waals surface area contributed by atoms with Crippen molar-refractivity contribution in [2.75, 3.05) is 53.8 Å². The SMILES string of the molecule is CC[C@H](C)[C@@H]([C@@H](CC(=O)N1CCC[C@H]1[C@H](OC)[C@@H](C)C(=O)N[C@@H](Cc1ccccc1)C(=O)Cc1ccc(NC(=O)[C@@H](CCCNC(N)=O)CC(=O)[C@H](NC(=O)CCCCCC(C)(C)C)C(C)C)cc1)OC)N(C)C(=O)[C@@H](CC(=O)[C@H](C(C)C)N(C)C)C(C)C. The van der Waals surface area contributed by atoms with E-state index in [1.165, 1.54) is 7.11 Å². The molecule has 1 saturated heterocycles. The van der Waals surface area contributed by atoms with Crippen LogP contribution in [0, 0.1) is 46.8 Å². The molecule has 0 saturated carbocycles. The maximum absolute atomic E-state index is 14.6. The van der Waals surface area contributed by atoms with Crippen LogP contribution in [0.3, 0.4) is 0 Å². The summed E-state index contributed by atoms with van der Waals surface area (Å²) >= 11 is 0. The molecule has 0 radical (unpaired) electrons. The third-order valence-corrected chi connectivity index (χ3v) is 17.9. The van der Waals surface area contributed by atoms with Crippen LogP contribution in [0.1, 0.15) is 178 Å². The minimum absolute atomic E-state index is 0.0166. The summed E-state index contributed by atoms with van der Waals surface area (Å²) in [6.07, 6.45) is 5.25. The number of amides is 7. The zero-order chi connectivity index (χ0) is 66.9. The highest BCUT2D eigenvalue weighted by atomic mass is 16.5. The van der Waals surface area contributed by atoms with E-state index in [4.69, 9.17) is 15.2 Å². The van der Waals surface area contributed by atoms with Gasteiger partial charge in [-0.1, -0.05) is 145 Å². The van der Waals surface area contributed by atoms with Crippen LogP contribution in [0.4, 0.5) is 10.5 Å². The average molecular weight is 1240 g/mol. The molecule has 2 aromatic rings. The van der Waals surface area contributed by atoms with E-state index in [1.807, 2.05) is 105 Å². The number of unbranched alkanes of at least 4 members (excludes halogenated alkanes) is 2. The molecule has 0 aliphatic carbocycles. The number of methoxy groups -OCH3 is 2. The Bertz CT molecular complexity index is 2560. The van der Waals surface area contributed by atoms with E-state index < -0.39 is 72.0 Å². The Morgan fingerprint density at radius 3 is 1.92 bits per heavy atom. The van der Waals surface area contributed by atoms with Gasteiger partial charge in [0.1, 0.15) is 0 Å². The number of nitrogens with one attached hydrogen (secondary N) is 4. The number of anilines is 1. The highest BCUT2D eigenvalue weighted by Crippen LogP contribution is 2.32. The van der Waals surface area contributed by atoms with Crippen LogP contribution in [0.2, 0.25) is 0 Å². The van der Waals surface area contributed by atoms with Crippen molar-refractivity contribution in [1.82, 2.24) is 30.7 Å². The van der Waals surface area contributed by atoms with Crippen LogP contribution < -0.4 is 27.0 Å². The lowest BCUT2D eigenvalue weighted by Crippen LogP contribution is -2.55. The quantitative estimate of drug-likeness (QED) is 0.0391. The molecule has 0 spiro atoms. The molecule has 1 aliphatic heterocycles. The molecule has 6 N–H and O–H groups in total. The maximum atomic E-state index is 14.6. The number of likely N-dealkylation sites (N-methyl/N-ethyl adjacent to an activating group) is 2. The molecule has 3 rings (SSSR count). The van der Waals surface area contributed by atoms with Crippen molar-refractivity contribution in [1.29, 1.82) is 0 Å². The van der Waals surface area contributed by atoms with Gasteiger partial charge in [-0.05, 0) is 111 Å². The van der Waals surface area contributed by atoms with Gasteiger partial charge in [-0.25, -0.2) is 4.79 Å². The zero-order valence-corrected chi connectivity index (χ0v) is 57.2. The highest BCUT2D eigenvalue weighted by Gasteiger charge is 2.44. The summed E-state index contributed by atoms with van der Waals surface area (Å²) < 4.78 is 12.2. The second kappa shape index (κ2) is 38.0. The van der Waals surface area contributed by atoms with E-state index in [1.54, 1.807) is 55.1 Å². The molecule has 11 atom stereocenters. The molecular weight excluding hydrogens is 1130 g/mol. The zero-order valence-electron chi connectivity index (χ0n) is 57.2. The fraction of sp³-hybridized carbons (Fsp3) is 0.700. The standard InChI is InChI=1S/C70H114N8O11/c1-18-47(8)64(77(15)68(86)53(44(2)3)42-58(81)63(46(6)7)76(13)14)59(88-16)43-61(83)78-38-26-30-55(78)65(89-17)48(9)66(84)74-54(39-49-27-21-19-22-28-49)56(79)40-50-32-34-52(35-33-50)73-67(85)51(29-25-37-72-69(71)87)41-57(80)62(45(4)5)75-60(82)31-23-20-24-36-70(10,11)12/h19,21-22,27-28,32-35,44-48,51,53-55,59,62-65H,18,20,23-26,29-31,36-43H2,1-17H3,(H,73,85)(H,74,84)(H,75,82)(H3,71,72,87)/t47-,48+,51-,53-,54-,55-,59+,62+,63-,64-,65+/m0/s1. The minimum atomic E-state index is -0.941. The minimum Gasteiger partial charge on any atom is -0.379 e. The molecule has 19 heteroatoms. The first-order valence-electron chi connectivity index (χ1n) is 32.8. The lowest BCUT2D eigenvalue weighted by atomic mass is 9.83. The third kappa shape index (κ3) is 25.3. The lowest BCUT2D eigenvalue weighted by molar-refractivity contribution is -0.149. The summed E-state index contributed by atoms with van der Waals surface area (Å²) in [5.74, 6) is -4.39. The second-order valence-electron chi connectivity index (χ2n) is 27.6. The number of benzene rings is 2. The van der Waals surface area contributed by atoms with E-state index in [0.29, 0.717) is 56.3 Å². The summed E-state index contributed by atoms with van der Waals surface area (Å²) in [7, 11) is 8.59. The number of hydrogen-bond donors (Lipinski definition) is 5. The number of primary amides is 1. The van der Waals surface area contributed by atoms with E-state index >= 15 is 0 Å². The molecule has 1 heterocycles. The van der Waals surface area contributed by atoms with Crippen molar-refractivity contribution in [3.63, 3.8) is 0 Å². The Labute approximate surface area is 533 Å². The third-order valence-electron chi connectivity index (χ3n) is 17.9. The average Bonchev–Trinajstić information content (AvgIpc) is 3.50. The topological polar surface area (TPSA) is 256 Å². The Morgan fingerprint density at radius 1 is 0.719 bits per heavy atom. The van der Waals surface area contributed by atoms with Gasteiger partial charge in [0.2, 0.25) is 29.5 Å².